The number of carbonyl (C=O) groups is 2. The van der Waals surface area contributed by atoms with Gasteiger partial charge in [-0.15, -0.1) is 0 Å². The minimum atomic E-state index is -0.698. The van der Waals surface area contributed by atoms with Gasteiger partial charge in [0.2, 0.25) is 0 Å². The predicted molar refractivity (Wildman–Crippen MR) is 94.7 cm³/mol. The zero-order valence-electron chi connectivity index (χ0n) is 12.8. The van der Waals surface area contributed by atoms with E-state index in [0.29, 0.717) is 46.5 Å². The van der Waals surface area contributed by atoms with Gasteiger partial charge in [-0.2, -0.15) is 0 Å². The number of hydrogen-bond donors (Lipinski definition) is 0. The zero-order valence-corrected chi connectivity index (χ0v) is 14.4. The number of halogens is 1. The van der Waals surface area contributed by atoms with Gasteiger partial charge in [0.15, 0.2) is 12.1 Å². The molecule has 0 saturated heterocycles. The first-order valence-corrected chi connectivity index (χ1v) is 8.39. The van der Waals surface area contributed by atoms with Crippen molar-refractivity contribution in [3.05, 3.63) is 63.3 Å². The van der Waals surface area contributed by atoms with Crippen LogP contribution < -0.4 is 9.80 Å². The van der Waals surface area contributed by atoms with E-state index in [1.807, 2.05) is 0 Å². The molecule has 1 heterocycles. The topological polar surface area (TPSA) is 69.7 Å². The summed E-state index contributed by atoms with van der Waals surface area (Å²) in [6.45, 7) is 0.317. The van der Waals surface area contributed by atoms with E-state index < -0.39 is 6.04 Å². The number of benzene rings is 2. The molecule has 0 N–H and O–H groups in total. The number of hydroxylamine groups is 1. The van der Waals surface area contributed by atoms with Crippen molar-refractivity contribution in [2.45, 2.75) is 18.9 Å². The maximum absolute atomic E-state index is 12.3. The van der Waals surface area contributed by atoms with Gasteiger partial charge >= 0.3 is 0 Å². The summed E-state index contributed by atoms with van der Waals surface area (Å²) in [6, 6.07) is 11.4. The molecule has 5 nitrogen and oxygen atoms in total. The lowest BCUT2D eigenvalue weighted by molar-refractivity contribution is 0.0966. The number of para-hydroxylation sites is 2. The summed E-state index contributed by atoms with van der Waals surface area (Å²) in [5, 5.41) is 13.0. The lowest BCUT2D eigenvalue weighted by Gasteiger charge is -2.32. The van der Waals surface area contributed by atoms with Crippen molar-refractivity contribution < 1.29 is 14.3 Å². The lowest BCUT2D eigenvalue weighted by Crippen LogP contribution is -2.30. The Kier molecular flexibility index (Phi) is 4.97. The van der Waals surface area contributed by atoms with Gasteiger partial charge in [0.25, 0.3) is 0 Å². The van der Waals surface area contributed by atoms with Crippen molar-refractivity contribution in [1.82, 2.24) is 0 Å². The summed E-state index contributed by atoms with van der Waals surface area (Å²) in [4.78, 5) is 23.3. The van der Waals surface area contributed by atoms with Gasteiger partial charge in [0, 0.05) is 11.3 Å². The van der Waals surface area contributed by atoms with Crippen molar-refractivity contribution in [2.75, 3.05) is 11.7 Å². The normalized spacial score (nSPS) is 16.2. The van der Waals surface area contributed by atoms with E-state index in [0.717, 1.165) is 11.3 Å². The van der Waals surface area contributed by atoms with Gasteiger partial charge in [0.05, 0.1) is 22.7 Å². The fourth-order valence-electron chi connectivity index (χ4n) is 2.80. The first-order valence-electron chi connectivity index (χ1n) is 7.59. The first-order chi connectivity index (χ1) is 11.6. The van der Waals surface area contributed by atoms with Gasteiger partial charge < -0.3 is 15.0 Å². The molecule has 124 valence electrons. The van der Waals surface area contributed by atoms with Crippen molar-refractivity contribution >= 4 is 33.7 Å². The number of rotatable bonds is 6. The third kappa shape index (κ3) is 3.07. The molecule has 1 aliphatic heterocycles. The van der Waals surface area contributed by atoms with Crippen LogP contribution in [-0.4, -0.2) is 24.7 Å². The number of anilines is 1. The Morgan fingerprint density at radius 1 is 1.21 bits per heavy atom. The Morgan fingerprint density at radius 2 is 2.00 bits per heavy atom. The number of nitrogens with zero attached hydrogens (tertiary/aromatic N) is 1. The maximum Gasteiger partial charge on any atom is 0.186 e. The Hall–Kier alpha value is -2.18. The molecule has 0 radical (unpaired) electrons. The van der Waals surface area contributed by atoms with Crippen LogP contribution in [0.3, 0.4) is 0 Å². The second-order valence-electron chi connectivity index (χ2n) is 5.49. The molecule has 0 amide bonds. The lowest BCUT2D eigenvalue weighted by atomic mass is 10.0. The highest BCUT2D eigenvalue weighted by atomic mass is 79.9. The molecule has 6 heteroatoms. The molecule has 1 atom stereocenters. The minimum absolute atomic E-state index is 0.143. The molecule has 1 aliphatic rings. The quantitative estimate of drug-likeness (QED) is 0.552. The van der Waals surface area contributed by atoms with Crippen molar-refractivity contribution in [1.29, 1.82) is 0 Å². The Bertz CT molecular complexity index is 777. The van der Waals surface area contributed by atoms with Crippen LogP contribution in [0.1, 0.15) is 33.6 Å². The van der Waals surface area contributed by atoms with Crippen molar-refractivity contribution in [3.8, 4) is 5.75 Å². The SMILES string of the molecule is O=Cc1cccc(Br)c1OCCCC1C(=O)c2ccccc2N1[O-]. The molecule has 2 aromatic carbocycles. The third-order valence-corrected chi connectivity index (χ3v) is 4.61. The van der Waals surface area contributed by atoms with Crippen LogP contribution >= 0.6 is 15.9 Å². The fraction of sp³-hybridized carbons (Fsp3) is 0.222. The predicted octanol–water partition coefficient (Wildman–Crippen LogP) is 3.99. The van der Waals surface area contributed by atoms with Crippen LogP contribution in [0.15, 0.2) is 46.9 Å². The molecular formula is C18H15BrNO4-. The second kappa shape index (κ2) is 7.15. The highest BCUT2D eigenvalue weighted by molar-refractivity contribution is 9.10. The Labute approximate surface area is 147 Å². The highest BCUT2D eigenvalue weighted by Crippen LogP contribution is 2.33. The molecule has 0 fully saturated rings. The smallest absolute Gasteiger partial charge is 0.186 e. The van der Waals surface area contributed by atoms with Gasteiger partial charge in [-0.05, 0) is 53.0 Å². The van der Waals surface area contributed by atoms with Gasteiger partial charge in [0.1, 0.15) is 5.75 Å². The summed E-state index contributed by atoms with van der Waals surface area (Å²) in [6.07, 6.45) is 1.66. The molecule has 0 saturated carbocycles. The molecular weight excluding hydrogens is 374 g/mol. The molecule has 24 heavy (non-hydrogen) atoms. The molecule has 0 bridgehead atoms. The summed E-state index contributed by atoms with van der Waals surface area (Å²) < 4.78 is 6.35. The largest absolute Gasteiger partial charge is 0.758 e. The number of Topliss-reactive ketones (excluding diaryl/α,β-unsaturated/α-hetero) is 1. The highest BCUT2D eigenvalue weighted by Gasteiger charge is 2.31. The second-order valence-corrected chi connectivity index (χ2v) is 6.34. The van der Waals surface area contributed by atoms with E-state index >= 15 is 0 Å². The summed E-state index contributed by atoms with van der Waals surface area (Å²) >= 11 is 3.35. The van der Waals surface area contributed by atoms with Gasteiger partial charge in [-0.3, -0.25) is 9.59 Å². The molecule has 2 aromatic rings. The van der Waals surface area contributed by atoms with E-state index in [9.17, 15) is 14.8 Å². The number of aldehydes is 1. The monoisotopic (exact) mass is 388 g/mol. The van der Waals surface area contributed by atoms with E-state index in [4.69, 9.17) is 4.74 Å². The average Bonchev–Trinajstić information content (AvgIpc) is 2.84. The van der Waals surface area contributed by atoms with Crippen LogP contribution in [-0.2, 0) is 0 Å². The maximum atomic E-state index is 12.3. The van der Waals surface area contributed by atoms with Crippen molar-refractivity contribution in [2.24, 2.45) is 0 Å². The Balaban J connectivity index is 1.59. The van der Waals surface area contributed by atoms with Crippen LogP contribution in [0.4, 0.5) is 5.69 Å². The molecule has 1 unspecified atom stereocenters. The molecule has 0 aromatic heterocycles. The molecule has 3 rings (SSSR count). The number of carbonyl (C=O) groups excluding carboxylic acids is 2. The van der Waals surface area contributed by atoms with Gasteiger partial charge in [-0.1, -0.05) is 18.2 Å². The van der Waals surface area contributed by atoms with Crippen LogP contribution in [0.5, 0.6) is 5.75 Å². The molecule has 0 aliphatic carbocycles. The third-order valence-electron chi connectivity index (χ3n) is 3.99. The number of hydrogen-bond acceptors (Lipinski definition) is 5. The van der Waals surface area contributed by atoms with E-state index in [2.05, 4.69) is 15.9 Å². The van der Waals surface area contributed by atoms with Crippen LogP contribution in [0.25, 0.3) is 0 Å². The average molecular weight is 389 g/mol. The Morgan fingerprint density at radius 3 is 2.75 bits per heavy atom. The number of fused-ring (bicyclic) bond motifs is 1. The van der Waals surface area contributed by atoms with Crippen molar-refractivity contribution in [3.63, 3.8) is 0 Å². The fourth-order valence-corrected chi connectivity index (χ4v) is 3.29. The molecule has 0 spiro atoms. The van der Waals surface area contributed by atoms with Crippen LogP contribution in [0, 0.1) is 5.21 Å². The van der Waals surface area contributed by atoms with Gasteiger partial charge in [-0.25, -0.2) is 0 Å². The van der Waals surface area contributed by atoms with E-state index in [1.54, 1.807) is 42.5 Å². The summed E-state index contributed by atoms with van der Waals surface area (Å²) in [5.74, 6) is 0.336. The minimum Gasteiger partial charge on any atom is -0.758 e. The van der Waals surface area contributed by atoms with E-state index in [1.165, 1.54) is 0 Å². The first kappa shape index (κ1) is 16.7. The standard InChI is InChI=1S/C18H15BrNO4/c19-14-7-3-5-12(11-21)18(14)24-10-4-9-16-17(22)13-6-1-2-8-15(13)20(16)23/h1-3,5-8,11,16H,4,9-10H2/q-1. The zero-order chi connectivity index (χ0) is 17.1. The summed E-state index contributed by atoms with van der Waals surface area (Å²) in [7, 11) is 0. The van der Waals surface area contributed by atoms with Crippen LogP contribution in [0.2, 0.25) is 0 Å². The van der Waals surface area contributed by atoms with E-state index in [-0.39, 0.29) is 5.78 Å². The summed E-state index contributed by atoms with van der Waals surface area (Å²) in [5.41, 5.74) is 1.37. The number of ketones is 1. The number of ether oxygens (including phenoxy) is 1.